The maximum absolute atomic E-state index is 6.10. The van der Waals surface area contributed by atoms with Gasteiger partial charge in [0.05, 0.1) is 0 Å². The molecule has 0 amide bonds. The van der Waals surface area contributed by atoms with Crippen LogP contribution in [0, 0.1) is 5.92 Å². The van der Waals surface area contributed by atoms with Gasteiger partial charge in [-0.2, -0.15) is 4.98 Å². The molecule has 3 nitrogen and oxygen atoms in total. The van der Waals surface area contributed by atoms with Gasteiger partial charge in [-0.3, -0.25) is 0 Å². The minimum Gasteiger partial charge on any atom is -0.474 e. The highest BCUT2D eigenvalue weighted by Gasteiger charge is 2.24. The molecule has 1 aromatic rings. The number of nitrogens with zero attached hydrogens (tertiary/aromatic N) is 2. The van der Waals surface area contributed by atoms with Crippen LogP contribution in [-0.4, -0.2) is 16.1 Å². The van der Waals surface area contributed by atoms with E-state index in [2.05, 4.69) is 37.7 Å². The number of rotatable bonds is 3. The van der Waals surface area contributed by atoms with Crippen LogP contribution in [0.2, 0.25) is 5.15 Å². The Balaban J connectivity index is 2.11. The molecule has 1 saturated carbocycles. The van der Waals surface area contributed by atoms with Crippen molar-refractivity contribution in [1.29, 1.82) is 0 Å². The molecule has 1 aliphatic rings. The summed E-state index contributed by atoms with van der Waals surface area (Å²) in [5.74, 6) is 2.15. The SMILES string of the molecule is CCC1CCCC(Oc2cc(Cl)nc(C(C)(C)C)n2)C1. The van der Waals surface area contributed by atoms with Gasteiger partial charge in [0, 0.05) is 11.5 Å². The van der Waals surface area contributed by atoms with Gasteiger partial charge in [-0.15, -0.1) is 0 Å². The van der Waals surface area contributed by atoms with Gasteiger partial charge >= 0.3 is 0 Å². The predicted molar refractivity (Wildman–Crippen MR) is 82.4 cm³/mol. The second-order valence-corrected chi connectivity index (χ2v) is 7.17. The van der Waals surface area contributed by atoms with E-state index in [1.165, 1.54) is 19.3 Å². The Hall–Kier alpha value is -0.830. The van der Waals surface area contributed by atoms with Gasteiger partial charge in [0.1, 0.15) is 17.1 Å². The average Bonchev–Trinajstić information content (AvgIpc) is 2.37. The molecule has 2 atom stereocenters. The summed E-state index contributed by atoms with van der Waals surface area (Å²) in [6.45, 7) is 8.49. The van der Waals surface area contributed by atoms with Gasteiger partial charge < -0.3 is 4.74 Å². The first-order valence-electron chi connectivity index (χ1n) is 7.60. The first-order chi connectivity index (χ1) is 9.38. The Morgan fingerprint density at radius 1 is 1.30 bits per heavy atom. The lowest BCUT2D eigenvalue weighted by molar-refractivity contribution is 0.116. The molecule has 1 aromatic heterocycles. The zero-order valence-corrected chi connectivity index (χ0v) is 13.7. The third kappa shape index (κ3) is 4.08. The van der Waals surface area contributed by atoms with E-state index in [0.29, 0.717) is 11.0 Å². The Morgan fingerprint density at radius 3 is 2.70 bits per heavy atom. The highest BCUT2D eigenvalue weighted by molar-refractivity contribution is 6.29. The van der Waals surface area contributed by atoms with Crippen LogP contribution in [0.5, 0.6) is 5.88 Å². The molecule has 2 rings (SSSR count). The minimum atomic E-state index is -0.123. The van der Waals surface area contributed by atoms with Crippen molar-refractivity contribution in [2.45, 2.75) is 71.3 Å². The van der Waals surface area contributed by atoms with E-state index in [9.17, 15) is 0 Å². The number of hydrogen-bond donors (Lipinski definition) is 0. The quantitative estimate of drug-likeness (QED) is 0.753. The Bertz CT molecular complexity index is 456. The molecule has 0 aliphatic heterocycles. The molecule has 0 spiro atoms. The van der Waals surface area contributed by atoms with E-state index in [0.717, 1.165) is 24.6 Å². The summed E-state index contributed by atoms with van der Waals surface area (Å²) in [6.07, 6.45) is 6.32. The zero-order valence-electron chi connectivity index (χ0n) is 12.9. The van der Waals surface area contributed by atoms with Crippen LogP contribution < -0.4 is 4.74 Å². The lowest BCUT2D eigenvalue weighted by Crippen LogP contribution is -2.26. The molecule has 0 saturated heterocycles. The molecule has 112 valence electrons. The predicted octanol–water partition coefficient (Wildman–Crippen LogP) is 4.78. The molecule has 1 aliphatic carbocycles. The van der Waals surface area contributed by atoms with Crippen molar-refractivity contribution in [1.82, 2.24) is 9.97 Å². The van der Waals surface area contributed by atoms with Crippen molar-refractivity contribution >= 4 is 11.6 Å². The molecule has 0 aromatic carbocycles. The normalized spacial score (nSPS) is 23.6. The van der Waals surface area contributed by atoms with Crippen molar-refractivity contribution in [3.05, 3.63) is 17.0 Å². The van der Waals surface area contributed by atoms with E-state index in [1.807, 2.05) is 0 Å². The highest BCUT2D eigenvalue weighted by atomic mass is 35.5. The number of ether oxygens (including phenoxy) is 1. The van der Waals surface area contributed by atoms with E-state index in [-0.39, 0.29) is 11.5 Å². The van der Waals surface area contributed by atoms with Crippen LogP contribution >= 0.6 is 11.6 Å². The van der Waals surface area contributed by atoms with Crippen LogP contribution in [0.25, 0.3) is 0 Å². The Labute approximate surface area is 127 Å². The van der Waals surface area contributed by atoms with Gasteiger partial charge in [0.2, 0.25) is 5.88 Å². The third-order valence-electron chi connectivity index (χ3n) is 3.94. The minimum absolute atomic E-state index is 0.123. The zero-order chi connectivity index (χ0) is 14.8. The van der Waals surface area contributed by atoms with Crippen LogP contribution in [-0.2, 0) is 5.41 Å². The molecular weight excluding hydrogens is 272 g/mol. The number of hydrogen-bond acceptors (Lipinski definition) is 3. The fourth-order valence-corrected chi connectivity index (χ4v) is 2.86. The molecular formula is C16H25ClN2O. The van der Waals surface area contributed by atoms with Crippen LogP contribution in [0.3, 0.4) is 0 Å². The standard InChI is InChI=1S/C16H25ClN2O/c1-5-11-7-6-8-12(9-11)20-14-10-13(17)18-15(19-14)16(2,3)4/h10-12H,5-9H2,1-4H3. The number of aromatic nitrogens is 2. The van der Waals surface area contributed by atoms with Crippen molar-refractivity contribution in [3.63, 3.8) is 0 Å². The summed E-state index contributed by atoms with van der Waals surface area (Å²) in [6, 6.07) is 1.73. The molecule has 1 heterocycles. The van der Waals surface area contributed by atoms with Gasteiger partial charge in [-0.05, 0) is 25.2 Å². The molecule has 20 heavy (non-hydrogen) atoms. The summed E-state index contributed by atoms with van der Waals surface area (Å²) < 4.78 is 6.07. The first-order valence-corrected chi connectivity index (χ1v) is 7.98. The van der Waals surface area contributed by atoms with Crippen LogP contribution in [0.1, 0.15) is 65.6 Å². The van der Waals surface area contributed by atoms with Crippen molar-refractivity contribution in [2.24, 2.45) is 5.92 Å². The largest absolute Gasteiger partial charge is 0.474 e. The monoisotopic (exact) mass is 296 g/mol. The highest BCUT2D eigenvalue weighted by Crippen LogP contribution is 2.30. The van der Waals surface area contributed by atoms with Gasteiger partial charge in [0.15, 0.2) is 0 Å². The molecule has 0 N–H and O–H groups in total. The Morgan fingerprint density at radius 2 is 2.05 bits per heavy atom. The summed E-state index contributed by atoms with van der Waals surface area (Å²) in [7, 11) is 0. The van der Waals surface area contributed by atoms with Gasteiger partial charge in [-0.1, -0.05) is 52.1 Å². The second kappa shape index (κ2) is 6.30. The third-order valence-corrected chi connectivity index (χ3v) is 4.14. The summed E-state index contributed by atoms with van der Waals surface area (Å²) >= 11 is 6.10. The topological polar surface area (TPSA) is 35.0 Å². The van der Waals surface area contributed by atoms with Crippen molar-refractivity contribution in [2.75, 3.05) is 0 Å². The van der Waals surface area contributed by atoms with Crippen molar-refractivity contribution < 1.29 is 4.74 Å². The summed E-state index contributed by atoms with van der Waals surface area (Å²) in [5, 5.41) is 0.461. The lowest BCUT2D eigenvalue weighted by Gasteiger charge is -2.29. The molecule has 4 heteroatoms. The fourth-order valence-electron chi connectivity index (χ4n) is 2.68. The molecule has 0 radical (unpaired) electrons. The van der Waals surface area contributed by atoms with Crippen molar-refractivity contribution in [3.8, 4) is 5.88 Å². The van der Waals surface area contributed by atoms with E-state index in [4.69, 9.17) is 16.3 Å². The Kier molecular flexibility index (Phi) is 4.90. The molecule has 2 unspecified atom stereocenters. The van der Waals surface area contributed by atoms with Gasteiger partial charge in [0.25, 0.3) is 0 Å². The second-order valence-electron chi connectivity index (χ2n) is 6.78. The average molecular weight is 297 g/mol. The van der Waals surface area contributed by atoms with E-state index in [1.54, 1.807) is 6.07 Å². The molecule has 1 fully saturated rings. The number of halogens is 1. The van der Waals surface area contributed by atoms with E-state index >= 15 is 0 Å². The van der Waals surface area contributed by atoms with Gasteiger partial charge in [-0.25, -0.2) is 4.98 Å². The van der Waals surface area contributed by atoms with E-state index < -0.39 is 0 Å². The summed E-state index contributed by atoms with van der Waals surface area (Å²) in [4.78, 5) is 8.84. The van der Waals surface area contributed by atoms with Crippen LogP contribution in [0.4, 0.5) is 0 Å². The maximum Gasteiger partial charge on any atom is 0.218 e. The first kappa shape index (κ1) is 15.6. The summed E-state index contributed by atoms with van der Waals surface area (Å²) in [5.41, 5.74) is -0.123. The lowest BCUT2D eigenvalue weighted by atomic mass is 9.85. The maximum atomic E-state index is 6.10. The molecule has 0 bridgehead atoms. The van der Waals surface area contributed by atoms with Crippen LogP contribution in [0.15, 0.2) is 6.07 Å². The smallest absolute Gasteiger partial charge is 0.218 e. The fraction of sp³-hybridized carbons (Fsp3) is 0.750.